The van der Waals surface area contributed by atoms with Gasteiger partial charge in [-0.25, -0.2) is 9.82 Å². The van der Waals surface area contributed by atoms with Gasteiger partial charge in [0.05, 0.1) is 26.4 Å². The van der Waals surface area contributed by atoms with Crippen molar-refractivity contribution in [3.63, 3.8) is 0 Å². The fourth-order valence-corrected chi connectivity index (χ4v) is 2.51. The third-order valence-corrected chi connectivity index (χ3v) is 3.63. The number of carbonyl (C=O) groups excluding carboxylic acids is 1. The van der Waals surface area contributed by atoms with Crippen LogP contribution < -0.4 is 14.9 Å². The lowest BCUT2D eigenvalue weighted by atomic mass is 9.95. The Bertz CT molecular complexity index is 785. The van der Waals surface area contributed by atoms with Gasteiger partial charge in [-0.1, -0.05) is 0 Å². The van der Waals surface area contributed by atoms with Crippen LogP contribution in [0.2, 0.25) is 0 Å². The van der Waals surface area contributed by atoms with Gasteiger partial charge in [-0.15, -0.1) is 0 Å². The standard InChI is InChI=1S/C17H15FN2O3/c1-22-14-7-11-8-16(21)19-20-17(13(11)9-15(14)23-2)10-3-5-12(18)6-4-10/h3-7,9H,8H2,1-2H3,(H,19,21). The zero-order valence-electron chi connectivity index (χ0n) is 12.7. The average molecular weight is 314 g/mol. The molecule has 0 fully saturated rings. The summed E-state index contributed by atoms with van der Waals surface area (Å²) in [6.45, 7) is 0. The topological polar surface area (TPSA) is 59.9 Å². The number of nitrogens with zero attached hydrogens (tertiary/aromatic N) is 1. The van der Waals surface area contributed by atoms with Crippen LogP contribution in [0.15, 0.2) is 41.5 Å². The molecule has 0 saturated carbocycles. The maximum absolute atomic E-state index is 13.2. The van der Waals surface area contributed by atoms with E-state index in [1.165, 1.54) is 19.2 Å². The van der Waals surface area contributed by atoms with Crippen LogP contribution in [-0.4, -0.2) is 25.8 Å². The molecule has 0 aromatic heterocycles. The number of methoxy groups -OCH3 is 2. The number of hydrazone groups is 1. The Labute approximate surface area is 132 Å². The van der Waals surface area contributed by atoms with E-state index in [0.29, 0.717) is 22.8 Å². The SMILES string of the molecule is COc1cc2c(cc1OC)C(c1ccc(F)cc1)=NNC(=O)C2. The second-order valence-electron chi connectivity index (χ2n) is 5.04. The van der Waals surface area contributed by atoms with Crippen LogP contribution >= 0.6 is 0 Å². The van der Waals surface area contributed by atoms with Crippen molar-refractivity contribution in [1.82, 2.24) is 5.43 Å². The lowest BCUT2D eigenvalue weighted by molar-refractivity contribution is -0.120. The van der Waals surface area contributed by atoms with Crippen molar-refractivity contribution >= 4 is 11.6 Å². The summed E-state index contributed by atoms with van der Waals surface area (Å²) in [5.41, 5.74) is 5.26. The summed E-state index contributed by atoms with van der Waals surface area (Å²) in [6.07, 6.45) is 0.171. The van der Waals surface area contributed by atoms with Gasteiger partial charge < -0.3 is 9.47 Å². The molecule has 0 spiro atoms. The van der Waals surface area contributed by atoms with Crippen molar-refractivity contribution in [2.75, 3.05) is 14.2 Å². The number of ether oxygens (including phenoxy) is 2. The number of rotatable bonds is 3. The molecule has 1 amide bonds. The Balaban J connectivity index is 2.19. The smallest absolute Gasteiger partial charge is 0.244 e. The average Bonchev–Trinajstić information content (AvgIpc) is 2.72. The van der Waals surface area contributed by atoms with Crippen LogP contribution in [0, 0.1) is 5.82 Å². The van der Waals surface area contributed by atoms with E-state index < -0.39 is 0 Å². The molecule has 1 N–H and O–H groups in total. The van der Waals surface area contributed by atoms with Crippen LogP contribution in [0.1, 0.15) is 16.7 Å². The molecule has 3 rings (SSSR count). The highest BCUT2D eigenvalue weighted by Gasteiger charge is 2.21. The molecule has 0 radical (unpaired) electrons. The maximum atomic E-state index is 13.2. The third-order valence-electron chi connectivity index (χ3n) is 3.63. The Morgan fingerprint density at radius 2 is 1.74 bits per heavy atom. The van der Waals surface area contributed by atoms with Gasteiger partial charge in [0.2, 0.25) is 5.91 Å². The summed E-state index contributed by atoms with van der Waals surface area (Å²) in [5.74, 6) is 0.518. The van der Waals surface area contributed by atoms with Crippen molar-refractivity contribution in [1.29, 1.82) is 0 Å². The number of hydrogen-bond acceptors (Lipinski definition) is 4. The number of amides is 1. The quantitative estimate of drug-likeness (QED) is 0.945. The van der Waals surface area contributed by atoms with Crippen LogP contribution in [0.3, 0.4) is 0 Å². The van der Waals surface area contributed by atoms with E-state index in [0.717, 1.165) is 11.1 Å². The molecule has 1 aliphatic rings. The number of halogens is 1. The molecule has 1 aliphatic heterocycles. The fourth-order valence-electron chi connectivity index (χ4n) is 2.51. The van der Waals surface area contributed by atoms with Crippen molar-refractivity contribution in [2.45, 2.75) is 6.42 Å². The molecule has 23 heavy (non-hydrogen) atoms. The summed E-state index contributed by atoms with van der Waals surface area (Å²) in [6, 6.07) is 9.48. The van der Waals surface area contributed by atoms with Gasteiger partial charge in [-0.2, -0.15) is 5.10 Å². The molecule has 0 saturated heterocycles. The zero-order valence-corrected chi connectivity index (χ0v) is 12.7. The van der Waals surface area contributed by atoms with E-state index in [1.807, 2.05) is 0 Å². The lowest BCUT2D eigenvalue weighted by Gasteiger charge is -2.14. The molecule has 6 heteroatoms. The van der Waals surface area contributed by atoms with E-state index in [1.54, 1.807) is 31.4 Å². The predicted molar refractivity (Wildman–Crippen MR) is 83.4 cm³/mol. The van der Waals surface area contributed by atoms with Gasteiger partial charge >= 0.3 is 0 Å². The van der Waals surface area contributed by atoms with E-state index in [2.05, 4.69) is 10.5 Å². The summed E-state index contributed by atoms with van der Waals surface area (Å²) in [4.78, 5) is 11.9. The minimum absolute atomic E-state index is 0.171. The molecular weight excluding hydrogens is 299 g/mol. The first-order valence-corrected chi connectivity index (χ1v) is 7.00. The summed E-state index contributed by atoms with van der Waals surface area (Å²) < 4.78 is 23.8. The largest absolute Gasteiger partial charge is 0.493 e. The normalized spacial score (nSPS) is 13.5. The van der Waals surface area contributed by atoms with Crippen molar-refractivity contribution in [3.05, 3.63) is 58.9 Å². The van der Waals surface area contributed by atoms with Crippen LogP contribution in [0.4, 0.5) is 4.39 Å². The number of fused-ring (bicyclic) bond motifs is 1. The maximum Gasteiger partial charge on any atom is 0.244 e. The molecule has 2 aromatic carbocycles. The number of carbonyl (C=O) groups is 1. The van der Waals surface area contributed by atoms with E-state index >= 15 is 0 Å². The molecule has 118 valence electrons. The Morgan fingerprint density at radius 3 is 2.39 bits per heavy atom. The monoisotopic (exact) mass is 314 g/mol. The predicted octanol–water partition coefficient (Wildman–Crippen LogP) is 2.27. The molecule has 0 atom stereocenters. The van der Waals surface area contributed by atoms with Crippen molar-refractivity contribution in [3.8, 4) is 11.5 Å². The highest BCUT2D eigenvalue weighted by atomic mass is 19.1. The van der Waals surface area contributed by atoms with E-state index in [4.69, 9.17) is 9.47 Å². The molecule has 0 bridgehead atoms. The zero-order chi connectivity index (χ0) is 16.4. The summed E-state index contributed by atoms with van der Waals surface area (Å²) in [7, 11) is 3.08. The highest BCUT2D eigenvalue weighted by molar-refractivity contribution is 6.15. The first-order chi connectivity index (χ1) is 11.1. The van der Waals surface area contributed by atoms with Gasteiger partial charge in [0, 0.05) is 11.1 Å². The lowest BCUT2D eigenvalue weighted by Crippen LogP contribution is -2.18. The molecule has 1 heterocycles. The van der Waals surface area contributed by atoms with Gasteiger partial charge in [0.1, 0.15) is 5.82 Å². The molecule has 5 nitrogen and oxygen atoms in total. The van der Waals surface area contributed by atoms with Crippen molar-refractivity contribution in [2.24, 2.45) is 5.10 Å². The molecular formula is C17H15FN2O3. The number of nitrogens with one attached hydrogen (secondary N) is 1. The minimum atomic E-state index is -0.334. The molecule has 0 aliphatic carbocycles. The Morgan fingerprint density at radius 1 is 1.09 bits per heavy atom. The molecule has 2 aromatic rings. The van der Waals surface area contributed by atoms with Gasteiger partial charge in [-0.05, 0) is 42.0 Å². The fraction of sp³-hybridized carbons (Fsp3) is 0.176. The summed E-state index contributed by atoms with van der Waals surface area (Å²) in [5, 5.41) is 4.17. The first-order valence-electron chi connectivity index (χ1n) is 7.00. The number of benzene rings is 2. The second-order valence-corrected chi connectivity index (χ2v) is 5.04. The first kappa shape index (κ1) is 15.0. The van der Waals surface area contributed by atoms with Gasteiger partial charge in [-0.3, -0.25) is 4.79 Å². The highest BCUT2D eigenvalue weighted by Crippen LogP contribution is 2.32. The Hall–Kier alpha value is -2.89. The third kappa shape index (κ3) is 2.88. The van der Waals surface area contributed by atoms with Crippen LogP contribution in [0.25, 0.3) is 0 Å². The van der Waals surface area contributed by atoms with Gasteiger partial charge in [0.25, 0.3) is 0 Å². The van der Waals surface area contributed by atoms with Gasteiger partial charge in [0.15, 0.2) is 11.5 Å². The van der Waals surface area contributed by atoms with E-state index in [-0.39, 0.29) is 18.1 Å². The summed E-state index contributed by atoms with van der Waals surface area (Å²) >= 11 is 0. The molecule has 0 unspecified atom stereocenters. The van der Waals surface area contributed by atoms with E-state index in [9.17, 15) is 9.18 Å². The number of hydrogen-bond donors (Lipinski definition) is 1. The van der Waals surface area contributed by atoms with Crippen LogP contribution in [0.5, 0.6) is 11.5 Å². The van der Waals surface area contributed by atoms with Crippen LogP contribution in [-0.2, 0) is 11.2 Å². The van der Waals surface area contributed by atoms with Crippen molar-refractivity contribution < 1.29 is 18.7 Å². The second kappa shape index (κ2) is 6.08. The minimum Gasteiger partial charge on any atom is -0.493 e. The Kier molecular flexibility index (Phi) is 3.97.